The molecule has 1 aliphatic carbocycles. The van der Waals surface area contributed by atoms with E-state index in [1.54, 1.807) is 0 Å². The first kappa shape index (κ1) is 7.81. The first-order chi connectivity index (χ1) is 5.61. The molecule has 1 heteroatoms. The second kappa shape index (κ2) is 2.33. The summed E-state index contributed by atoms with van der Waals surface area (Å²) < 4.78 is 0. The highest BCUT2D eigenvalue weighted by atomic mass is 16.3. The Kier molecular flexibility index (Phi) is 1.52. The van der Waals surface area contributed by atoms with E-state index in [1.807, 2.05) is 19.1 Å². The number of aryl methyl sites for hydroxylation is 1. The summed E-state index contributed by atoms with van der Waals surface area (Å²) in [6.45, 7) is 4.01. The molecular formula is C11H14O. The maximum Gasteiger partial charge on any atom is 0.0874 e. The first-order valence-corrected chi connectivity index (χ1v) is 4.42. The van der Waals surface area contributed by atoms with Gasteiger partial charge in [0, 0.05) is 0 Å². The van der Waals surface area contributed by atoms with Crippen LogP contribution in [0.2, 0.25) is 0 Å². The topological polar surface area (TPSA) is 20.2 Å². The number of aliphatic hydroxyl groups is 1. The van der Waals surface area contributed by atoms with E-state index < -0.39 is 5.60 Å². The number of benzene rings is 1. The molecule has 0 unspecified atom stereocenters. The fraction of sp³-hybridized carbons (Fsp3) is 0.455. The largest absolute Gasteiger partial charge is 0.385 e. The maximum absolute atomic E-state index is 9.97. The van der Waals surface area contributed by atoms with Crippen LogP contribution in [0.1, 0.15) is 30.0 Å². The van der Waals surface area contributed by atoms with Crippen molar-refractivity contribution < 1.29 is 5.11 Å². The van der Waals surface area contributed by atoms with E-state index in [1.165, 1.54) is 11.1 Å². The number of hydrogen-bond donors (Lipinski definition) is 1. The highest BCUT2D eigenvalue weighted by Crippen LogP contribution is 2.37. The summed E-state index contributed by atoms with van der Waals surface area (Å²) in [6, 6.07) is 6.17. The molecule has 64 valence electrons. The molecule has 1 aromatic rings. The third kappa shape index (κ3) is 0.969. The summed E-state index contributed by atoms with van der Waals surface area (Å²) in [5.41, 5.74) is 3.21. The Hall–Kier alpha value is -0.820. The van der Waals surface area contributed by atoms with Crippen LogP contribution >= 0.6 is 0 Å². The molecule has 0 saturated heterocycles. The van der Waals surface area contributed by atoms with Gasteiger partial charge in [0.05, 0.1) is 5.60 Å². The zero-order chi connectivity index (χ0) is 8.77. The number of fused-ring (bicyclic) bond motifs is 1. The monoisotopic (exact) mass is 162 g/mol. The molecule has 0 heterocycles. The van der Waals surface area contributed by atoms with Crippen LogP contribution in [0, 0.1) is 6.92 Å². The molecule has 0 aromatic heterocycles. The molecule has 1 aromatic carbocycles. The van der Waals surface area contributed by atoms with E-state index in [2.05, 4.69) is 13.0 Å². The molecule has 1 atom stereocenters. The lowest BCUT2D eigenvalue weighted by molar-refractivity contribution is 0.0595. The van der Waals surface area contributed by atoms with Crippen molar-refractivity contribution in [3.63, 3.8) is 0 Å². The number of rotatable bonds is 0. The van der Waals surface area contributed by atoms with Crippen molar-refractivity contribution in [3.8, 4) is 0 Å². The average molecular weight is 162 g/mol. The number of hydrogen-bond acceptors (Lipinski definition) is 1. The summed E-state index contributed by atoms with van der Waals surface area (Å²) in [6.07, 6.45) is 1.89. The van der Waals surface area contributed by atoms with Crippen LogP contribution in [-0.2, 0) is 12.0 Å². The lowest BCUT2D eigenvalue weighted by atomic mass is 9.97. The van der Waals surface area contributed by atoms with E-state index in [0.29, 0.717) is 0 Å². The molecule has 0 amide bonds. The van der Waals surface area contributed by atoms with Gasteiger partial charge >= 0.3 is 0 Å². The van der Waals surface area contributed by atoms with Gasteiger partial charge < -0.3 is 5.11 Å². The Morgan fingerprint density at radius 1 is 1.42 bits per heavy atom. The lowest BCUT2D eigenvalue weighted by Crippen LogP contribution is -2.16. The third-order valence-electron chi connectivity index (χ3n) is 2.85. The molecule has 0 bridgehead atoms. The molecular weight excluding hydrogens is 148 g/mol. The van der Waals surface area contributed by atoms with Crippen LogP contribution in [-0.4, -0.2) is 5.11 Å². The summed E-state index contributed by atoms with van der Waals surface area (Å²) in [5.74, 6) is 0. The molecule has 1 nitrogen and oxygen atoms in total. The normalized spacial score (nSPS) is 27.2. The van der Waals surface area contributed by atoms with Crippen molar-refractivity contribution in [2.24, 2.45) is 0 Å². The standard InChI is InChI=1S/C11H14O/c1-8-4-3-5-10-9(8)6-7-11(10,2)12/h3-5,12H,6-7H2,1-2H3/t11-/m1/s1. The van der Waals surface area contributed by atoms with Gasteiger partial charge in [0.25, 0.3) is 0 Å². The Labute approximate surface area is 73.0 Å². The van der Waals surface area contributed by atoms with E-state index >= 15 is 0 Å². The second-order valence-electron chi connectivity index (χ2n) is 3.87. The molecule has 1 N–H and O–H groups in total. The minimum Gasteiger partial charge on any atom is -0.385 e. The minimum absolute atomic E-state index is 0.582. The van der Waals surface area contributed by atoms with Crippen molar-refractivity contribution >= 4 is 0 Å². The van der Waals surface area contributed by atoms with Crippen molar-refractivity contribution in [1.82, 2.24) is 0 Å². The summed E-state index contributed by atoms with van der Waals surface area (Å²) in [7, 11) is 0. The first-order valence-electron chi connectivity index (χ1n) is 4.42. The van der Waals surface area contributed by atoms with Gasteiger partial charge in [0.2, 0.25) is 0 Å². The average Bonchev–Trinajstić information content (AvgIpc) is 2.30. The van der Waals surface area contributed by atoms with E-state index in [9.17, 15) is 5.11 Å². The van der Waals surface area contributed by atoms with Crippen molar-refractivity contribution in [2.75, 3.05) is 0 Å². The van der Waals surface area contributed by atoms with Crippen LogP contribution in [0.3, 0.4) is 0 Å². The second-order valence-corrected chi connectivity index (χ2v) is 3.87. The highest BCUT2D eigenvalue weighted by Gasteiger charge is 2.32. The fourth-order valence-electron chi connectivity index (χ4n) is 2.04. The maximum atomic E-state index is 9.97. The predicted octanol–water partition coefficient (Wildman–Crippen LogP) is 2.15. The van der Waals surface area contributed by atoms with E-state index in [0.717, 1.165) is 18.4 Å². The minimum atomic E-state index is -0.582. The van der Waals surface area contributed by atoms with E-state index in [4.69, 9.17) is 0 Å². The van der Waals surface area contributed by atoms with Crippen molar-refractivity contribution in [2.45, 2.75) is 32.3 Å². The summed E-state index contributed by atoms with van der Waals surface area (Å²) in [4.78, 5) is 0. The quantitative estimate of drug-likeness (QED) is 0.619. The molecule has 0 fully saturated rings. The predicted molar refractivity (Wildman–Crippen MR) is 49.1 cm³/mol. The summed E-state index contributed by atoms with van der Waals surface area (Å²) >= 11 is 0. The molecule has 0 saturated carbocycles. The molecule has 0 radical (unpaired) electrons. The van der Waals surface area contributed by atoms with Crippen LogP contribution in [0.4, 0.5) is 0 Å². The third-order valence-corrected chi connectivity index (χ3v) is 2.85. The zero-order valence-corrected chi connectivity index (χ0v) is 7.59. The Morgan fingerprint density at radius 2 is 2.17 bits per heavy atom. The molecule has 0 aliphatic heterocycles. The molecule has 0 spiro atoms. The Bertz CT molecular complexity index is 313. The molecule has 2 rings (SSSR count). The highest BCUT2D eigenvalue weighted by molar-refractivity contribution is 5.41. The Morgan fingerprint density at radius 3 is 2.83 bits per heavy atom. The van der Waals surface area contributed by atoms with Gasteiger partial charge in [-0.1, -0.05) is 18.2 Å². The molecule has 1 aliphatic rings. The van der Waals surface area contributed by atoms with Gasteiger partial charge in [-0.2, -0.15) is 0 Å². The van der Waals surface area contributed by atoms with Gasteiger partial charge in [0.15, 0.2) is 0 Å². The fourth-order valence-corrected chi connectivity index (χ4v) is 2.04. The lowest BCUT2D eigenvalue weighted by Gasteiger charge is -2.17. The summed E-state index contributed by atoms with van der Waals surface area (Å²) in [5, 5.41) is 9.97. The zero-order valence-electron chi connectivity index (χ0n) is 7.59. The van der Waals surface area contributed by atoms with Crippen LogP contribution in [0.25, 0.3) is 0 Å². The van der Waals surface area contributed by atoms with Gasteiger partial charge in [-0.15, -0.1) is 0 Å². The Balaban J connectivity index is 2.61. The van der Waals surface area contributed by atoms with Gasteiger partial charge in [-0.05, 0) is 43.4 Å². The van der Waals surface area contributed by atoms with Gasteiger partial charge in [-0.25, -0.2) is 0 Å². The van der Waals surface area contributed by atoms with Crippen molar-refractivity contribution in [1.29, 1.82) is 0 Å². The van der Waals surface area contributed by atoms with Crippen molar-refractivity contribution in [3.05, 3.63) is 34.9 Å². The van der Waals surface area contributed by atoms with Crippen LogP contribution < -0.4 is 0 Å². The van der Waals surface area contributed by atoms with E-state index in [-0.39, 0.29) is 0 Å². The van der Waals surface area contributed by atoms with Crippen LogP contribution in [0.15, 0.2) is 18.2 Å². The van der Waals surface area contributed by atoms with Gasteiger partial charge in [-0.3, -0.25) is 0 Å². The van der Waals surface area contributed by atoms with Gasteiger partial charge in [0.1, 0.15) is 0 Å². The smallest absolute Gasteiger partial charge is 0.0874 e. The van der Waals surface area contributed by atoms with Crippen LogP contribution in [0.5, 0.6) is 0 Å². The molecule has 12 heavy (non-hydrogen) atoms. The SMILES string of the molecule is Cc1cccc2c1CC[C@@]2(C)O.